The minimum absolute atomic E-state index is 0.797. The van der Waals surface area contributed by atoms with Crippen molar-refractivity contribution in [2.24, 2.45) is 0 Å². The number of aryl methyl sites for hydroxylation is 1. The van der Waals surface area contributed by atoms with Gasteiger partial charge in [0.15, 0.2) is 0 Å². The summed E-state index contributed by atoms with van der Waals surface area (Å²) in [6.45, 7) is 5.42. The molecular weight excluding hydrogens is 202 g/mol. The molecule has 1 aromatic heterocycles. The van der Waals surface area contributed by atoms with E-state index in [1.54, 1.807) is 0 Å². The van der Waals surface area contributed by atoms with Crippen molar-refractivity contribution in [3.63, 3.8) is 0 Å². The average Bonchev–Trinajstić information content (AvgIpc) is 2.77. The number of rotatable bonds is 1. The van der Waals surface area contributed by atoms with Crippen LogP contribution in [0.5, 0.6) is 0 Å². The van der Waals surface area contributed by atoms with E-state index in [0.717, 1.165) is 50.1 Å². The fraction of sp³-hybridized carbons (Fsp3) is 0.500. The second-order valence-electron chi connectivity index (χ2n) is 4.16. The number of hydrogen-bond acceptors (Lipinski definition) is 4. The van der Waals surface area contributed by atoms with E-state index in [1.165, 1.54) is 5.56 Å². The molecule has 1 aliphatic heterocycles. The maximum atomic E-state index is 5.37. The average molecular weight is 217 g/mol. The lowest BCUT2D eigenvalue weighted by Gasteiger charge is -2.29. The molecule has 0 aromatic carbocycles. The summed E-state index contributed by atoms with van der Waals surface area (Å²) in [5.41, 5.74) is 2.36. The Morgan fingerprint density at radius 2 is 2.06 bits per heavy atom. The summed E-state index contributed by atoms with van der Waals surface area (Å²) in [5.74, 6) is 1.96. The first kappa shape index (κ1) is 9.78. The second kappa shape index (κ2) is 3.87. The van der Waals surface area contributed by atoms with Crippen molar-refractivity contribution in [3.8, 4) is 0 Å². The van der Waals surface area contributed by atoms with Crippen LogP contribution in [0.15, 0.2) is 6.08 Å². The minimum atomic E-state index is 0.797. The fourth-order valence-corrected chi connectivity index (χ4v) is 2.26. The molecule has 4 nitrogen and oxygen atoms in total. The molecule has 2 heterocycles. The Bertz CT molecular complexity index is 436. The number of anilines is 1. The highest BCUT2D eigenvalue weighted by molar-refractivity contribution is 5.64. The summed E-state index contributed by atoms with van der Waals surface area (Å²) in [6, 6.07) is 0. The molecule has 0 amide bonds. The third kappa shape index (κ3) is 1.59. The zero-order valence-corrected chi connectivity index (χ0v) is 9.44. The van der Waals surface area contributed by atoms with Gasteiger partial charge in [0, 0.05) is 18.7 Å². The lowest BCUT2D eigenvalue weighted by atomic mass is 10.2. The first-order chi connectivity index (χ1) is 7.84. The van der Waals surface area contributed by atoms with E-state index in [2.05, 4.69) is 27.0 Å². The molecule has 1 aliphatic carbocycles. The predicted molar refractivity (Wildman–Crippen MR) is 62.5 cm³/mol. The summed E-state index contributed by atoms with van der Waals surface area (Å²) >= 11 is 0. The number of hydrogen-bond donors (Lipinski definition) is 0. The van der Waals surface area contributed by atoms with Gasteiger partial charge < -0.3 is 9.64 Å². The Balaban J connectivity index is 2.00. The minimum Gasteiger partial charge on any atom is -0.378 e. The largest absolute Gasteiger partial charge is 0.378 e. The highest BCUT2D eigenvalue weighted by atomic mass is 16.5. The summed E-state index contributed by atoms with van der Waals surface area (Å²) in [5, 5.41) is 0. The van der Waals surface area contributed by atoms with Gasteiger partial charge in [0.05, 0.1) is 18.9 Å². The van der Waals surface area contributed by atoms with Gasteiger partial charge in [-0.2, -0.15) is 0 Å². The topological polar surface area (TPSA) is 38.2 Å². The van der Waals surface area contributed by atoms with E-state index in [4.69, 9.17) is 4.74 Å². The molecule has 0 atom stereocenters. The Kier molecular flexibility index (Phi) is 2.36. The molecule has 0 spiro atoms. The van der Waals surface area contributed by atoms with Crippen molar-refractivity contribution in [2.45, 2.75) is 13.3 Å². The smallest absolute Gasteiger partial charge is 0.136 e. The van der Waals surface area contributed by atoms with Crippen LogP contribution in [0.4, 0.5) is 5.82 Å². The van der Waals surface area contributed by atoms with Gasteiger partial charge in [-0.3, -0.25) is 0 Å². The van der Waals surface area contributed by atoms with Crippen LogP contribution in [-0.2, 0) is 11.2 Å². The molecule has 0 saturated carbocycles. The fourth-order valence-electron chi connectivity index (χ4n) is 2.26. The van der Waals surface area contributed by atoms with Crippen LogP contribution in [0.1, 0.15) is 17.1 Å². The quantitative estimate of drug-likeness (QED) is 0.708. The van der Waals surface area contributed by atoms with Gasteiger partial charge in [0.25, 0.3) is 0 Å². The molecule has 16 heavy (non-hydrogen) atoms. The number of morpholine rings is 1. The number of fused-ring (bicyclic) bond motifs is 1. The molecule has 0 N–H and O–H groups in total. The normalized spacial score (nSPS) is 18.9. The standard InChI is InChI=1S/C12H15N3O/c1-9-13-11-4-2-3-10(11)12(14-9)15-5-7-16-8-6-15/h2,4H,3,5-8H2,1H3. The maximum Gasteiger partial charge on any atom is 0.136 e. The van der Waals surface area contributed by atoms with Crippen molar-refractivity contribution in [1.29, 1.82) is 0 Å². The molecule has 3 rings (SSSR count). The van der Waals surface area contributed by atoms with Gasteiger partial charge in [-0.05, 0) is 19.4 Å². The Labute approximate surface area is 95.0 Å². The van der Waals surface area contributed by atoms with E-state index in [9.17, 15) is 0 Å². The van der Waals surface area contributed by atoms with Gasteiger partial charge in [0.1, 0.15) is 11.6 Å². The van der Waals surface area contributed by atoms with E-state index >= 15 is 0 Å². The molecular formula is C12H15N3O. The highest BCUT2D eigenvalue weighted by Gasteiger charge is 2.20. The van der Waals surface area contributed by atoms with E-state index in [0.29, 0.717) is 0 Å². The number of ether oxygens (including phenoxy) is 1. The molecule has 4 heteroatoms. The van der Waals surface area contributed by atoms with Crippen LogP contribution < -0.4 is 4.90 Å². The van der Waals surface area contributed by atoms with E-state index in [1.807, 2.05) is 6.92 Å². The monoisotopic (exact) mass is 217 g/mol. The van der Waals surface area contributed by atoms with Crippen LogP contribution in [0.3, 0.4) is 0 Å². The van der Waals surface area contributed by atoms with Crippen molar-refractivity contribution in [1.82, 2.24) is 9.97 Å². The van der Waals surface area contributed by atoms with Crippen LogP contribution in [-0.4, -0.2) is 36.3 Å². The third-order valence-electron chi connectivity index (χ3n) is 3.04. The molecule has 2 aliphatic rings. The molecule has 1 saturated heterocycles. The molecule has 0 unspecified atom stereocenters. The van der Waals surface area contributed by atoms with Gasteiger partial charge in [-0.25, -0.2) is 9.97 Å². The van der Waals surface area contributed by atoms with Gasteiger partial charge in [0.2, 0.25) is 0 Å². The van der Waals surface area contributed by atoms with Crippen LogP contribution in [0.25, 0.3) is 6.08 Å². The molecule has 84 valence electrons. The van der Waals surface area contributed by atoms with Crippen molar-refractivity contribution >= 4 is 11.9 Å². The van der Waals surface area contributed by atoms with Crippen LogP contribution in [0.2, 0.25) is 0 Å². The van der Waals surface area contributed by atoms with E-state index in [-0.39, 0.29) is 0 Å². The van der Waals surface area contributed by atoms with Crippen LogP contribution >= 0.6 is 0 Å². The third-order valence-corrected chi connectivity index (χ3v) is 3.04. The number of aromatic nitrogens is 2. The Hall–Kier alpha value is -1.42. The maximum absolute atomic E-state index is 5.37. The first-order valence-corrected chi connectivity index (χ1v) is 5.71. The van der Waals surface area contributed by atoms with Crippen molar-refractivity contribution in [2.75, 3.05) is 31.2 Å². The summed E-state index contributed by atoms with van der Waals surface area (Å²) in [4.78, 5) is 11.4. The molecule has 0 radical (unpaired) electrons. The summed E-state index contributed by atoms with van der Waals surface area (Å²) in [7, 11) is 0. The lowest BCUT2D eigenvalue weighted by molar-refractivity contribution is 0.122. The summed E-state index contributed by atoms with van der Waals surface area (Å²) in [6.07, 6.45) is 5.21. The Morgan fingerprint density at radius 1 is 1.25 bits per heavy atom. The van der Waals surface area contributed by atoms with Crippen molar-refractivity contribution in [3.05, 3.63) is 23.2 Å². The number of nitrogens with zero attached hydrogens (tertiary/aromatic N) is 3. The van der Waals surface area contributed by atoms with Gasteiger partial charge in [-0.1, -0.05) is 6.08 Å². The van der Waals surface area contributed by atoms with E-state index < -0.39 is 0 Å². The predicted octanol–water partition coefficient (Wildman–Crippen LogP) is 1.19. The first-order valence-electron chi connectivity index (χ1n) is 5.71. The van der Waals surface area contributed by atoms with Crippen molar-refractivity contribution < 1.29 is 4.74 Å². The summed E-state index contributed by atoms with van der Waals surface area (Å²) < 4.78 is 5.37. The zero-order chi connectivity index (χ0) is 11.0. The lowest BCUT2D eigenvalue weighted by Crippen LogP contribution is -2.37. The highest BCUT2D eigenvalue weighted by Crippen LogP contribution is 2.27. The Morgan fingerprint density at radius 3 is 2.88 bits per heavy atom. The molecule has 1 fully saturated rings. The molecule has 1 aromatic rings. The van der Waals surface area contributed by atoms with Gasteiger partial charge in [-0.15, -0.1) is 0 Å². The SMILES string of the molecule is Cc1nc2c(c(N3CCOCC3)n1)CC=C2. The zero-order valence-electron chi connectivity index (χ0n) is 9.44. The van der Waals surface area contributed by atoms with Gasteiger partial charge >= 0.3 is 0 Å². The molecule has 0 bridgehead atoms. The number of allylic oxidation sites excluding steroid dienone is 1. The van der Waals surface area contributed by atoms with Crippen LogP contribution in [0, 0.1) is 6.92 Å². The second-order valence-corrected chi connectivity index (χ2v) is 4.16.